The fraction of sp³-hybridized carbons (Fsp3) is 0.944. The topological polar surface area (TPSA) is 41.1 Å². The van der Waals surface area contributed by atoms with Gasteiger partial charge in [0.1, 0.15) is 0 Å². The van der Waals surface area contributed by atoms with Crippen molar-refractivity contribution in [1.82, 2.24) is 10.6 Å². The molecule has 5 aliphatic rings. The number of hydrogen-bond donors (Lipinski definition) is 2. The predicted molar refractivity (Wildman–Crippen MR) is 83.8 cm³/mol. The van der Waals surface area contributed by atoms with E-state index in [2.05, 4.69) is 17.6 Å². The minimum atomic E-state index is 0.252. The van der Waals surface area contributed by atoms with Crippen LogP contribution in [0.1, 0.15) is 58.3 Å². The molecule has 1 saturated heterocycles. The molecular weight excluding hydrogens is 260 g/mol. The largest absolute Gasteiger partial charge is 0.353 e. The molecule has 118 valence electrons. The third-order valence-corrected chi connectivity index (χ3v) is 7.07. The van der Waals surface area contributed by atoms with Crippen LogP contribution in [0.3, 0.4) is 0 Å². The quantitative estimate of drug-likeness (QED) is 0.839. The maximum Gasteiger partial charge on any atom is 0.223 e. The van der Waals surface area contributed by atoms with E-state index in [0.717, 1.165) is 43.7 Å². The molecule has 1 heterocycles. The highest BCUT2D eigenvalue weighted by Gasteiger charge is 2.53. The molecule has 5 rings (SSSR count). The Morgan fingerprint density at radius 3 is 2.10 bits per heavy atom. The number of nitrogens with one attached hydrogen (secondary N) is 2. The predicted octanol–water partition coefficient (Wildman–Crippen LogP) is 2.71. The molecule has 5 fully saturated rings. The van der Waals surface area contributed by atoms with Gasteiger partial charge in [0.15, 0.2) is 0 Å². The van der Waals surface area contributed by atoms with Gasteiger partial charge in [-0.2, -0.15) is 0 Å². The zero-order chi connectivity index (χ0) is 14.4. The summed E-state index contributed by atoms with van der Waals surface area (Å²) in [7, 11) is 0. The van der Waals surface area contributed by atoms with Crippen molar-refractivity contribution in [1.29, 1.82) is 0 Å². The summed E-state index contributed by atoms with van der Waals surface area (Å²) < 4.78 is 0. The standard InChI is InChI=1S/C18H30N2O/c1-12(20-17(21)16-2-4-19-5-3-16)18-9-13-6-14(10-18)8-15(7-13)11-18/h12-16,19H,2-11H2,1H3,(H,20,21). The first-order valence-corrected chi connectivity index (χ1v) is 9.16. The van der Waals surface area contributed by atoms with E-state index >= 15 is 0 Å². The van der Waals surface area contributed by atoms with Gasteiger partial charge in [-0.15, -0.1) is 0 Å². The van der Waals surface area contributed by atoms with E-state index in [1.807, 2.05) is 0 Å². The van der Waals surface area contributed by atoms with Gasteiger partial charge in [0.05, 0.1) is 0 Å². The summed E-state index contributed by atoms with van der Waals surface area (Å²) in [5.74, 6) is 3.49. The van der Waals surface area contributed by atoms with Gasteiger partial charge >= 0.3 is 0 Å². The minimum Gasteiger partial charge on any atom is -0.353 e. The molecule has 4 saturated carbocycles. The SMILES string of the molecule is CC(NC(=O)C1CCNCC1)C12CC3CC(CC(C3)C1)C2. The molecule has 0 aromatic carbocycles. The number of hydrogen-bond acceptors (Lipinski definition) is 2. The Balaban J connectivity index is 1.42. The van der Waals surface area contributed by atoms with Crippen LogP contribution in [0.2, 0.25) is 0 Å². The fourth-order valence-corrected chi connectivity index (χ4v) is 6.28. The van der Waals surface area contributed by atoms with E-state index in [1.54, 1.807) is 0 Å². The van der Waals surface area contributed by atoms with Crippen LogP contribution in [-0.2, 0) is 4.79 Å². The van der Waals surface area contributed by atoms with Gasteiger partial charge in [0.25, 0.3) is 0 Å². The van der Waals surface area contributed by atoms with Crippen LogP contribution in [0.4, 0.5) is 0 Å². The lowest BCUT2D eigenvalue weighted by Gasteiger charge is -2.59. The Bertz CT molecular complexity index is 378. The Kier molecular flexibility index (Phi) is 3.52. The van der Waals surface area contributed by atoms with Crippen molar-refractivity contribution in [3.8, 4) is 0 Å². The zero-order valence-corrected chi connectivity index (χ0v) is 13.4. The maximum absolute atomic E-state index is 12.6. The lowest BCUT2D eigenvalue weighted by Crippen LogP contribution is -2.56. The van der Waals surface area contributed by atoms with E-state index in [9.17, 15) is 4.79 Å². The molecule has 3 nitrogen and oxygen atoms in total. The third-order valence-electron chi connectivity index (χ3n) is 7.07. The first-order valence-electron chi connectivity index (χ1n) is 9.16. The van der Waals surface area contributed by atoms with E-state index in [0.29, 0.717) is 17.4 Å². The van der Waals surface area contributed by atoms with E-state index in [1.165, 1.54) is 38.5 Å². The van der Waals surface area contributed by atoms with Crippen LogP contribution in [0.25, 0.3) is 0 Å². The molecule has 21 heavy (non-hydrogen) atoms. The Morgan fingerprint density at radius 1 is 1.05 bits per heavy atom. The first kappa shape index (κ1) is 14.0. The number of piperidine rings is 1. The van der Waals surface area contributed by atoms with Gasteiger partial charge in [-0.3, -0.25) is 4.79 Å². The van der Waals surface area contributed by atoms with E-state index in [4.69, 9.17) is 0 Å². The van der Waals surface area contributed by atoms with Gasteiger partial charge in [-0.1, -0.05) is 0 Å². The average molecular weight is 290 g/mol. The molecule has 4 aliphatic carbocycles. The van der Waals surface area contributed by atoms with Gasteiger partial charge in [0.2, 0.25) is 5.91 Å². The highest BCUT2D eigenvalue weighted by molar-refractivity contribution is 5.79. The summed E-state index contributed by atoms with van der Waals surface area (Å²) in [6, 6.07) is 0.383. The second-order valence-corrected chi connectivity index (χ2v) is 8.53. The molecular formula is C18H30N2O. The number of carbonyl (C=O) groups is 1. The van der Waals surface area contributed by atoms with Crippen molar-refractivity contribution in [3.05, 3.63) is 0 Å². The molecule has 0 aromatic rings. The van der Waals surface area contributed by atoms with Crippen LogP contribution >= 0.6 is 0 Å². The molecule has 3 heteroatoms. The molecule has 1 aliphatic heterocycles. The van der Waals surface area contributed by atoms with Crippen LogP contribution in [0, 0.1) is 29.1 Å². The fourth-order valence-electron chi connectivity index (χ4n) is 6.28. The second-order valence-electron chi connectivity index (χ2n) is 8.53. The van der Waals surface area contributed by atoms with Crippen LogP contribution < -0.4 is 10.6 Å². The zero-order valence-electron chi connectivity index (χ0n) is 13.4. The average Bonchev–Trinajstić information content (AvgIpc) is 2.46. The number of carbonyl (C=O) groups excluding carboxylic acids is 1. The summed E-state index contributed by atoms with van der Waals surface area (Å²) in [5.41, 5.74) is 0.442. The highest BCUT2D eigenvalue weighted by atomic mass is 16.1. The first-order chi connectivity index (χ1) is 10.1. The van der Waals surface area contributed by atoms with Gasteiger partial charge in [0, 0.05) is 12.0 Å². The molecule has 0 spiro atoms. The third kappa shape index (κ3) is 2.52. The van der Waals surface area contributed by atoms with E-state index < -0.39 is 0 Å². The molecule has 0 radical (unpaired) electrons. The van der Waals surface area contributed by atoms with Gasteiger partial charge in [-0.05, 0) is 94.5 Å². The monoisotopic (exact) mass is 290 g/mol. The summed E-state index contributed by atoms with van der Waals surface area (Å²) >= 11 is 0. The van der Waals surface area contributed by atoms with Crippen molar-refractivity contribution in [3.63, 3.8) is 0 Å². The van der Waals surface area contributed by atoms with Crippen molar-refractivity contribution in [2.24, 2.45) is 29.1 Å². The molecule has 1 amide bonds. The summed E-state index contributed by atoms with van der Waals surface area (Å²) in [4.78, 5) is 12.6. The molecule has 1 unspecified atom stereocenters. The Hall–Kier alpha value is -0.570. The van der Waals surface area contributed by atoms with Gasteiger partial charge < -0.3 is 10.6 Å². The van der Waals surface area contributed by atoms with E-state index in [-0.39, 0.29) is 5.92 Å². The van der Waals surface area contributed by atoms with Crippen molar-refractivity contribution >= 4 is 5.91 Å². The summed E-state index contributed by atoms with van der Waals surface area (Å²) in [6.07, 6.45) is 10.6. The smallest absolute Gasteiger partial charge is 0.223 e. The van der Waals surface area contributed by atoms with Gasteiger partial charge in [-0.25, -0.2) is 0 Å². The van der Waals surface area contributed by atoms with Crippen molar-refractivity contribution in [2.45, 2.75) is 64.3 Å². The number of rotatable bonds is 3. The van der Waals surface area contributed by atoms with Crippen LogP contribution in [-0.4, -0.2) is 25.0 Å². The molecule has 1 atom stereocenters. The number of amides is 1. The Morgan fingerprint density at radius 2 is 1.57 bits per heavy atom. The van der Waals surface area contributed by atoms with Crippen molar-refractivity contribution < 1.29 is 4.79 Å². The molecule has 4 bridgehead atoms. The maximum atomic E-state index is 12.6. The minimum absolute atomic E-state index is 0.252. The van der Waals surface area contributed by atoms with Crippen LogP contribution in [0.5, 0.6) is 0 Å². The molecule has 2 N–H and O–H groups in total. The van der Waals surface area contributed by atoms with Crippen LogP contribution in [0.15, 0.2) is 0 Å². The summed E-state index contributed by atoms with van der Waals surface area (Å²) in [6.45, 7) is 4.31. The normalized spacial score (nSPS) is 43.8. The molecule has 0 aromatic heterocycles. The summed E-state index contributed by atoms with van der Waals surface area (Å²) in [5, 5.41) is 6.79. The highest BCUT2D eigenvalue weighted by Crippen LogP contribution is 2.61. The van der Waals surface area contributed by atoms with Crippen molar-refractivity contribution in [2.75, 3.05) is 13.1 Å². The Labute approximate surface area is 128 Å². The lowest BCUT2D eigenvalue weighted by atomic mass is 9.48. The lowest BCUT2D eigenvalue weighted by molar-refractivity contribution is -0.130. The second kappa shape index (κ2) is 5.26.